The highest BCUT2D eigenvalue weighted by Crippen LogP contribution is 2.33. The molecule has 0 radical (unpaired) electrons. The van der Waals surface area contributed by atoms with E-state index in [0.717, 1.165) is 0 Å². The zero-order valence-corrected chi connectivity index (χ0v) is 17.2. The van der Waals surface area contributed by atoms with Gasteiger partial charge >= 0.3 is 0 Å². The maximum absolute atomic E-state index is 15.4. The van der Waals surface area contributed by atoms with Gasteiger partial charge in [0.15, 0.2) is 18.8 Å². The molecule has 1 aliphatic carbocycles. The molecule has 13 heteroatoms. The van der Waals surface area contributed by atoms with Gasteiger partial charge in [-0.15, -0.1) is 0 Å². The number of alkyl halides is 1. The Bertz CT molecular complexity index is 581. The Labute approximate surface area is 179 Å². The van der Waals surface area contributed by atoms with Gasteiger partial charge in [0, 0.05) is 18.5 Å². The number of halogens is 1. The van der Waals surface area contributed by atoms with E-state index < -0.39 is 80.1 Å². The molecule has 2 heterocycles. The number of ether oxygens (including phenoxy) is 4. The minimum Gasteiger partial charge on any atom is -0.394 e. The summed E-state index contributed by atoms with van der Waals surface area (Å²) in [6, 6.07) is -2.82. The number of aliphatic hydroxyl groups excluding tert-OH is 4. The van der Waals surface area contributed by atoms with Gasteiger partial charge in [-0.2, -0.15) is 0 Å². The quantitative estimate of drug-likeness (QED) is 0.183. The van der Waals surface area contributed by atoms with Crippen LogP contribution in [0.3, 0.4) is 0 Å². The van der Waals surface area contributed by atoms with E-state index in [9.17, 15) is 20.4 Å². The van der Waals surface area contributed by atoms with Gasteiger partial charge in [0.1, 0.15) is 36.6 Å². The summed E-state index contributed by atoms with van der Waals surface area (Å²) in [4.78, 5) is 0. The molecule has 3 aliphatic rings. The maximum atomic E-state index is 15.4. The number of aliphatic hydroxyl groups is 4. The molecule has 2 saturated heterocycles. The molecule has 1 saturated carbocycles. The van der Waals surface area contributed by atoms with E-state index in [1.54, 1.807) is 0 Å². The molecule has 3 rings (SSSR count). The van der Waals surface area contributed by atoms with Crippen LogP contribution < -0.4 is 22.9 Å². The number of nitrogens with two attached hydrogens (primary N) is 4. The van der Waals surface area contributed by atoms with Crippen LogP contribution in [0.2, 0.25) is 0 Å². The first kappa shape index (κ1) is 25.1. The second-order valence-electron chi connectivity index (χ2n) is 8.50. The van der Waals surface area contributed by atoms with Gasteiger partial charge in [0.25, 0.3) is 0 Å². The molecule has 13 atom stereocenters. The van der Waals surface area contributed by atoms with E-state index in [-0.39, 0.29) is 12.5 Å². The summed E-state index contributed by atoms with van der Waals surface area (Å²) in [5.74, 6) is 0. The van der Waals surface area contributed by atoms with Crippen molar-refractivity contribution >= 4 is 0 Å². The Balaban J connectivity index is 1.67. The summed E-state index contributed by atoms with van der Waals surface area (Å²) in [5.41, 5.74) is 23.4. The van der Waals surface area contributed by atoms with Crippen molar-refractivity contribution in [3.63, 3.8) is 0 Å². The van der Waals surface area contributed by atoms with Gasteiger partial charge in [0.05, 0.1) is 18.8 Å². The van der Waals surface area contributed by atoms with Crippen LogP contribution in [-0.4, -0.2) is 113 Å². The van der Waals surface area contributed by atoms with Gasteiger partial charge in [-0.1, -0.05) is 0 Å². The summed E-state index contributed by atoms with van der Waals surface area (Å²) in [5, 5.41) is 39.8. The molecule has 0 bridgehead atoms. The molecule has 12 N–H and O–H groups in total. The molecule has 0 aromatic heterocycles. The molecule has 182 valence electrons. The lowest BCUT2D eigenvalue weighted by Crippen LogP contribution is -2.67. The van der Waals surface area contributed by atoms with Gasteiger partial charge in [0.2, 0.25) is 0 Å². The smallest absolute Gasteiger partial charge is 0.186 e. The van der Waals surface area contributed by atoms with Gasteiger partial charge < -0.3 is 62.3 Å². The molecule has 2 aliphatic heterocycles. The largest absolute Gasteiger partial charge is 0.394 e. The molecule has 0 aromatic carbocycles. The van der Waals surface area contributed by atoms with E-state index in [4.69, 9.17) is 41.9 Å². The first-order valence-electron chi connectivity index (χ1n) is 10.6. The van der Waals surface area contributed by atoms with E-state index in [0.29, 0.717) is 19.4 Å². The summed E-state index contributed by atoms with van der Waals surface area (Å²) in [7, 11) is 0. The highest BCUT2D eigenvalue weighted by molar-refractivity contribution is 5.01. The first-order chi connectivity index (χ1) is 14.7. The number of rotatable bonds is 7. The minimum atomic E-state index is -1.84. The molecule has 12 nitrogen and oxygen atoms in total. The van der Waals surface area contributed by atoms with Crippen LogP contribution in [0.25, 0.3) is 0 Å². The molecule has 0 spiro atoms. The molecule has 0 unspecified atom stereocenters. The van der Waals surface area contributed by atoms with Crippen molar-refractivity contribution in [2.45, 2.75) is 98.9 Å². The lowest BCUT2D eigenvalue weighted by atomic mass is 9.85. The Kier molecular flexibility index (Phi) is 8.57. The van der Waals surface area contributed by atoms with Crippen molar-refractivity contribution in [2.24, 2.45) is 22.9 Å². The zero-order chi connectivity index (χ0) is 22.9. The fourth-order valence-electron chi connectivity index (χ4n) is 4.34. The fraction of sp³-hybridized carbons (Fsp3) is 1.00. The average Bonchev–Trinajstić information content (AvgIpc) is 3.07. The Morgan fingerprint density at radius 1 is 0.903 bits per heavy atom. The summed E-state index contributed by atoms with van der Waals surface area (Å²) < 4.78 is 37.7. The lowest BCUT2D eigenvalue weighted by molar-refractivity contribution is -0.306. The number of hydrogen-bond acceptors (Lipinski definition) is 12. The van der Waals surface area contributed by atoms with Crippen molar-refractivity contribution in [1.29, 1.82) is 0 Å². The highest BCUT2D eigenvalue weighted by Gasteiger charge is 2.51. The molecule has 3 fully saturated rings. The fourth-order valence-corrected chi connectivity index (χ4v) is 4.34. The predicted octanol–water partition coefficient (Wildman–Crippen LogP) is -4.26. The predicted molar refractivity (Wildman–Crippen MR) is 104 cm³/mol. The van der Waals surface area contributed by atoms with Crippen molar-refractivity contribution in [3.8, 4) is 0 Å². The van der Waals surface area contributed by atoms with Crippen LogP contribution in [0.4, 0.5) is 4.39 Å². The van der Waals surface area contributed by atoms with Gasteiger partial charge in [-0.3, -0.25) is 0 Å². The molecular formula is C18H35FN4O8. The standard InChI is InChI=1S/C18H35FN4O8/c19-11-15(30-17-9(25)3-6(28-17)1-2-20)7(21)4-8(22)16(11)31-18-14(27)12(23)13(26)10(5-24)29-18/h6-18,24-27H,1-5,20-23H2/t6-,7-,8+,9-,10+,11+,12-,13+,14+,15+,16-,17+,18+/m0/s1. The Morgan fingerprint density at radius 3 is 2.10 bits per heavy atom. The third-order valence-electron chi connectivity index (χ3n) is 6.17. The van der Waals surface area contributed by atoms with Crippen LogP contribution in [0.5, 0.6) is 0 Å². The van der Waals surface area contributed by atoms with Crippen molar-refractivity contribution in [2.75, 3.05) is 13.2 Å². The molecule has 31 heavy (non-hydrogen) atoms. The Hall–Kier alpha value is -0.550. The van der Waals surface area contributed by atoms with Crippen LogP contribution >= 0.6 is 0 Å². The van der Waals surface area contributed by atoms with Crippen LogP contribution in [0.1, 0.15) is 19.3 Å². The third kappa shape index (κ3) is 5.34. The topological polar surface area (TPSA) is 222 Å². The van der Waals surface area contributed by atoms with E-state index >= 15 is 4.39 Å². The van der Waals surface area contributed by atoms with E-state index in [1.165, 1.54) is 0 Å². The zero-order valence-electron chi connectivity index (χ0n) is 17.2. The molecular weight excluding hydrogens is 419 g/mol. The SMILES string of the molecule is NCC[C@H]1C[C@H](O)[C@@H](O[C@H]2[C@@H](F)[C@@H](O[C@H]3O[C@H](CO)[C@@H](O)[C@H](N)[C@H]3O)[C@H](N)C[C@@H]2N)O1. The van der Waals surface area contributed by atoms with E-state index in [1.807, 2.05) is 0 Å². The third-order valence-corrected chi connectivity index (χ3v) is 6.17. The van der Waals surface area contributed by atoms with Crippen molar-refractivity contribution < 1.29 is 43.8 Å². The Morgan fingerprint density at radius 2 is 1.52 bits per heavy atom. The monoisotopic (exact) mass is 454 g/mol. The van der Waals surface area contributed by atoms with E-state index in [2.05, 4.69) is 0 Å². The average molecular weight is 454 g/mol. The number of hydrogen-bond donors (Lipinski definition) is 8. The van der Waals surface area contributed by atoms with Crippen LogP contribution in [-0.2, 0) is 18.9 Å². The lowest BCUT2D eigenvalue weighted by Gasteiger charge is -2.46. The molecule has 0 amide bonds. The van der Waals surface area contributed by atoms with Gasteiger partial charge in [-0.25, -0.2) is 4.39 Å². The molecule has 0 aromatic rings. The second kappa shape index (κ2) is 10.6. The summed E-state index contributed by atoms with van der Waals surface area (Å²) in [6.07, 6.45) is -11.0. The normalized spacial score (nSPS) is 51.2. The summed E-state index contributed by atoms with van der Waals surface area (Å²) in [6.45, 7) is -0.201. The van der Waals surface area contributed by atoms with Crippen molar-refractivity contribution in [1.82, 2.24) is 0 Å². The minimum absolute atomic E-state index is 0.131. The summed E-state index contributed by atoms with van der Waals surface area (Å²) >= 11 is 0. The van der Waals surface area contributed by atoms with Crippen molar-refractivity contribution in [3.05, 3.63) is 0 Å². The van der Waals surface area contributed by atoms with Gasteiger partial charge in [-0.05, 0) is 19.4 Å². The maximum Gasteiger partial charge on any atom is 0.186 e. The van der Waals surface area contributed by atoms with Crippen LogP contribution in [0, 0.1) is 0 Å². The second-order valence-corrected chi connectivity index (χ2v) is 8.50. The first-order valence-corrected chi connectivity index (χ1v) is 10.6. The highest BCUT2D eigenvalue weighted by atomic mass is 19.1. The van der Waals surface area contributed by atoms with Crippen LogP contribution in [0.15, 0.2) is 0 Å².